The predicted molar refractivity (Wildman–Crippen MR) is 201 cm³/mol. The topological polar surface area (TPSA) is 160 Å². The number of esters is 1. The predicted octanol–water partition coefficient (Wildman–Crippen LogP) is 4.01. The van der Waals surface area contributed by atoms with Crippen LogP contribution < -0.4 is 45.3 Å². The van der Waals surface area contributed by atoms with E-state index in [4.69, 9.17) is 4.74 Å². The minimum Gasteiger partial charge on any atom is -0.548 e. The summed E-state index contributed by atoms with van der Waals surface area (Å²) in [7, 11) is 2.41. The number of allylic oxidation sites excluding steroid dienone is 1. The second kappa shape index (κ2) is 22.0. The first-order valence-corrected chi connectivity index (χ1v) is 20.2. The molecule has 0 spiro atoms. The molecule has 0 saturated heterocycles. The summed E-state index contributed by atoms with van der Waals surface area (Å²) in [6.07, 6.45) is 15.3. The van der Waals surface area contributed by atoms with E-state index in [2.05, 4.69) is 69.3 Å². The van der Waals surface area contributed by atoms with Crippen LogP contribution in [0.2, 0.25) is 0 Å². The molecule has 3 fully saturated rings. The molecule has 0 heterocycles. The summed E-state index contributed by atoms with van der Waals surface area (Å²) in [5.74, 6) is 2.85. The Hall–Kier alpha value is -2.11. The number of carboxylic acids is 1. The molecular formula is C42H69N2NaO9. The summed E-state index contributed by atoms with van der Waals surface area (Å²) in [5, 5.41) is 14.0. The van der Waals surface area contributed by atoms with Gasteiger partial charge in [0, 0.05) is 12.8 Å². The normalized spacial score (nSPS) is 29.3. The molecule has 0 aromatic rings. The number of alkyl carbamates (subject to hydrolysis) is 2. The van der Waals surface area contributed by atoms with E-state index in [1.807, 2.05) is 5.32 Å². The average molecular weight is 769 g/mol. The largest absolute Gasteiger partial charge is 1.00 e. The van der Waals surface area contributed by atoms with E-state index >= 15 is 0 Å². The van der Waals surface area contributed by atoms with Crippen LogP contribution in [0.5, 0.6) is 0 Å². The Bertz CT molecular complexity index is 1300. The van der Waals surface area contributed by atoms with E-state index in [0.29, 0.717) is 11.8 Å². The fourth-order valence-corrected chi connectivity index (χ4v) is 10.7. The van der Waals surface area contributed by atoms with Crippen molar-refractivity contribution in [3.63, 3.8) is 0 Å². The molecule has 0 aliphatic heterocycles. The SMILES string of the molecule is COC(=O)NCC(=O)CC(CC(C)C)C(=O)O[C@H]1CC[C@@]2(C)C(=CC[C@H]3[C@@H]4CC[C@H]([C@H](C)CCCC(C)C)[C@@]4(C)CC[C@@H]32)C1.COC(=O)NCC(=O)[O-].[Na+]. The number of hydrogen-bond donors (Lipinski definition) is 2. The van der Waals surface area contributed by atoms with Crippen molar-refractivity contribution in [2.75, 3.05) is 27.3 Å². The third kappa shape index (κ3) is 13.0. The maximum absolute atomic E-state index is 13.4. The number of ketones is 1. The third-order valence-corrected chi connectivity index (χ3v) is 13.3. The molecule has 2 N–H and O–H groups in total. The molecule has 2 amide bonds. The molecule has 12 heteroatoms. The van der Waals surface area contributed by atoms with Gasteiger partial charge in [0.05, 0.1) is 39.2 Å². The van der Waals surface area contributed by atoms with E-state index in [1.165, 1.54) is 64.0 Å². The first kappa shape index (κ1) is 48.0. The molecule has 0 aromatic heterocycles. The van der Waals surface area contributed by atoms with Crippen LogP contribution in [0.1, 0.15) is 132 Å². The van der Waals surface area contributed by atoms with Crippen LogP contribution in [-0.4, -0.2) is 63.3 Å². The Labute approximate surface area is 346 Å². The Kier molecular flexibility index (Phi) is 19.6. The second-order valence-electron chi connectivity index (χ2n) is 17.7. The second-order valence-corrected chi connectivity index (χ2v) is 17.7. The van der Waals surface area contributed by atoms with Crippen molar-refractivity contribution in [3.8, 4) is 0 Å². The molecule has 9 atom stereocenters. The van der Waals surface area contributed by atoms with E-state index in [1.54, 1.807) is 0 Å². The first-order chi connectivity index (χ1) is 24.9. The van der Waals surface area contributed by atoms with Crippen LogP contribution in [0.15, 0.2) is 11.6 Å². The molecule has 4 rings (SSSR count). The van der Waals surface area contributed by atoms with Crippen LogP contribution >= 0.6 is 0 Å². The number of carbonyl (C=O) groups excluding carboxylic acids is 5. The summed E-state index contributed by atoms with van der Waals surface area (Å²) in [6.45, 7) is 15.9. The molecule has 3 saturated carbocycles. The Morgan fingerprint density at radius 3 is 2.09 bits per heavy atom. The minimum absolute atomic E-state index is 0. The van der Waals surface area contributed by atoms with Gasteiger partial charge in [0.2, 0.25) is 0 Å². The van der Waals surface area contributed by atoms with Gasteiger partial charge in [0.1, 0.15) is 6.10 Å². The molecule has 4 aliphatic carbocycles. The molecule has 0 bridgehead atoms. The van der Waals surface area contributed by atoms with Gasteiger partial charge in [-0.25, -0.2) is 9.59 Å². The minimum atomic E-state index is -1.35. The van der Waals surface area contributed by atoms with Gasteiger partial charge in [0.15, 0.2) is 5.78 Å². The van der Waals surface area contributed by atoms with Gasteiger partial charge in [0.25, 0.3) is 0 Å². The molecule has 0 radical (unpaired) electrons. The van der Waals surface area contributed by atoms with Crippen molar-refractivity contribution >= 4 is 29.9 Å². The summed E-state index contributed by atoms with van der Waals surface area (Å²) < 4.78 is 14.8. The van der Waals surface area contributed by atoms with Crippen molar-refractivity contribution in [2.24, 2.45) is 58.2 Å². The van der Waals surface area contributed by atoms with Gasteiger partial charge >= 0.3 is 47.7 Å². The van der Waals surface area contributed by atoms with Crippen LogP contribution in [0.25, 0.3) is 0 Å². The quantitative estimate of drug-likeness (QED) is 0.109. The summed E-state index contributed by atoms with van der Waals surface area (Å²) in [5.41, 5.74) is 2.21. The molecule has 1 unspecified atom stereocenters. The maximum Gasteiger partial charge on any atom is 1.00 e. The maximum atomic E-state index is 13.4. The standard InChI is InChI=1S/C38H63NO5.C4H7NO4.Na/c1-24(2)10-9-11-26(5)32-14-15-33-31-13-12-28-22-30(16-18-37(28,6)34(31)17-19-38(32,33)7)44-35(41)27(20-25(3)4)21-29(40)23-39-36(42)43-8;1-9-4(8)5-2-3(6)7;/h12,24-27,30-34H,9-11,13-23H2,1-8H3,(H,39,42);2H2,1H3,(H,5,8)(H,6,7);/q;;+1/p-1/t26-,27?,30+,31+,32-,33+,34+,37+,38-;;/m1../s1. The Morgan fingerprint density at radius 1 is 0.852 bits per heavy atom. The van der Waals surface area contributed by atoms with Gasteiger partial charge < -0.3 is 34.7 Å². The number of carboxylic acid groups (broad SMARTS) is 1. The number of aliphatic carboxylic acids is 1. The number of hydrogen-bond acceptors (Lipinski definition) is 9. The van der Waals surface area contributed by atoms with E-state index < -0.39 is 30.6 Å². The van der Waals surface area contributed by atoms with Gasteiger partial charge in [-0.2, -0.15) is 0 Å². The van der Waals surface area contributed by atoms with Crippen molar-refractivity contribution < 1.29 is 72.8 Å². The Morgan fingerprint density at radius 2 is 1.50 bits per heavy atom. The smallest absolute Gasteiger partial charge is 0.548 e. The fraction of sp³-hybridized carbons (Fsp3) is 0.833. The molecule has 54 heavy (non-hydrogen) atoms. The van der Waals surface area contributed by atoms with Crippen LogP contribution in [-0.2, 0) is 28.6 Å². The third-order valence-electron chi connectivity index (χ3n) is 13.3. The zero-order valence-electron chi connectivity index (χ0n) is 35.1. The van der Waals surface area contributed by atoms with Crippen LogP contribution in [0.4, 0.5) is 9.59 Å². The van der Waals surface area contributed by atoms with Crippen molar-refractivity contribution in [1.82, 2.24) is 10.6 Å². The van der Waals surface area contributed by atoms with Crippen molar-refractivity contribution in [2.45, 2.75) is 138 Å². The summed E-state index contributed by atoms with van der Waals surface area (Å²) in [4.78, 5) is 57.1. The summed E-state index contributed by atoms with van der Waals surface area (Å²) in [6, 6.07) is 0. The Balaban J connectivity index is 0.000000894. The fourth-order valence-electron chi connectivity index (χ4n) is 10.7. The van der Waals surface area contributed by atoms with Gasteiger partial charge in [-0.15, -0.1) is 0 Å². The van der Waals surface area contributed by atoms with Crippen molar-refractivity contribution in [1.29, 1.82) is 0 Å². The van der Waals surface area contributed by atoms with Gasteiger partial charge in [-0.3, -0.25) is 9.59 Å². The van der Waals surface area contributed by atoms with Gasteiger partial charge in [-0.1, -0.05) is 79.4 Å². The van der Waals surface area contributed by atoms with Crippen LogP contribution in [0.3, 0.4) is 0 Å². The first-order valence-electron chi connectivity index (χ1n) is 20.2. The number of nitrogens with one attached hydrogen (secondary N) is 2. The monoisotopic (exact) mass is 768 g/mol. The number of methoxy groups -OCH3 is 2. The van der Waals surface area contributed by atoms with E-state index in [9.17, 15) is 29.1 Å². The molecule has 11 nitrogen and oxygen atoms in total. The average Bonchev–Trinajstić information content (AvgIpc) is 3.46. The number of Topliss-reactive ketones (excluding diaryl/α,β-unsaturated/α-hetero) is 1. The zero-order valence-corrected chi connectivity index (χ0v) is 37.1. The number of amides is 2. The number of carbonyl (C=O) groups is 5. The van der Waals surface area contributed by atoms with Crippen molar-refractivity contribution in [3.05, 3.63) is 11.6 Å². The van der Waals surface area contributed by atoms with E-state index in [-0.39, 0.29) is 71.7 Å². The molecular weight excluding hydrogens is 699 g/mol. The zero-order chi connectivity index (χ0) is 39.5. The molecule has 302 valence electrons. The van der Waals surface area contributed by atoms with Gasteiger partial charge in [-0.05, 0) is 104 Å². The number of fused-ring (bicyclic) bond motifs is 5. The number of ether oxygens (including phenoxy) is 3. The van der Waals surface area contributed by atoms with Crippen LogP contribution in [0, 0.1) is 58.2 Å². The molecule has 0 aromatic carbocycles. The summed E-state index contributed by atoms with van der Waals surface area (Å²) >= 11 is 0. The molecule has 4 aliphatic rings. The number of rotatable bonds is 15. The van der Waals surface area contributed by atoms with E-state index in [0.717, 1.165) is 61.9 Å².